The molecule has 3 nitrogen and oxygen atoms in total. The third-order valence-electron chi connectivity index (χ3n) is 3.94. The second-order valence-electron chi connectivity index (χ2n) is 6.03. The van der Waals surface area contributed by atoms with Crippen LogP contribution in [0.15, 0.2) is 45.8 Å². The monoisotopic (exact) mass is 319 g/mol. The van der Waals surface area contributed by atoms with Crippen molar-refractivity contribution in [3.8, 4) is 0 Å². The van der Waals surface area contributed by atoms with Crippen molar-refractivity contribution in [3.63, 3.8) is 0 Å². The molecule has 0 aliphatic carbocycles. The molecule has 2 aromatic rings. The summed E-state index contributed by atoms with van der Waals surface area (Å²) in [7, 11) is -0.322. The standard InChI is InChI=1S/C15H18BNO2S2/c1-14(2)15(3,4)19-16(18-14)12-10-17-13(21-12)20-11-8-6-5-7-9-11/h5-10H,1-4H3. The van der Waals surface area contributed by atoms with Crippen molar-refractivity contribution in [2.24, 2.45) is 0 Å². The quantitative estimate of drug-likeness (QED) is 0.809. The van der Waals surface area contributed by atoms with Crippen molar-refractivity contribution >= 4 is 35.0 Å². The van der Waals surface area contributed by atoms with Gasteiger partial charge in [0.15, 0.2) is 4.34 Å². The predicted molar refractivity (Wildman–Crippen MR) is 88.4 cm³/mol. The summed E-state index contributed by atoms with van der Waals surface area (Å²) in [4.78, 5) is 5.66. The van der Waals surface area contributed by atoms with Crippen LogP contribution in [-0.4, -0.2) is 23.3 Å². The Hall–Kier alpha value is -0.815. The maximum absolute atomic E-state index is 6.05. The summed E-state index contributed by atoms with van der Waals surface area (Å²) in [6, 6.07) is 10.2. The molecule has 2 heterocycles. The largest absolute Gasteiger partial charge is 0.507 e. The zero-order valence-electron chi connectivity index (χ0n) is 12.6. The van der Waals surface area contributed by atoms with Gasteiger partial charge in [0.2, 0.25) is 0 Å². The molecule has 1 saturated heterocycles. The fourth-order valence-electron chi connectivity index (χ4n) is 1.97. The van der Waals surface area contributed by atoms with Crippen molar-refractivity contribution in [2.45, 2.75) is 48.1 Å². The first-order chi connectivity index (χ1) is 9.87. The van der Waals surface area contributed by atoms with Gasteiger partial charge in [-0.05, 0) is 39.8 Å². The third kappa shape index (κ3) is 3.04. The van der Waals surface area contributed by atoms with Crippen molar-refractivity contribution in [1.82, 2.24) is 4.98 Å². The number of rotatable bonds is 3. The molecule has 0 atom stereocenters. The summed E-state index contributed by atoms with van der Waals surface area (Å²) in [5.41, 5.74) is -0.622. The lowest BCUT2D eigenvalue weighted by Gasteiger charge is -2.32. The molecule has 6 heteroatoms. The number of nitrogens with zero attached hydrogens (tertiary/aromatic N) is 1. The smallest absolute Gasteiger partial charge is 0.399 e. The van der Waals surface area contributed by atoms with E-state index in [0.717, 1.165) is 9.12 Å². The fraction of sp³-hybridized carbons (Fsp3) is 0.400. The Bertz CT molecular complexity index is 612. The van der Waals surface area contributed by atoms with Crippen LogP contribution in [0.25, 0.3) is 0 Å². The zero-order chi connectivity index (χ0) is 15.1. The molecule has 0 unspecified atom stereocenters. The second-order valence-corrected chi connectivity index (χ2v) is 8.41. The summed E-state index contributed by atoms with van der Waals surface area (Å²) in [6.45, 7) is 8.25. The molecule has 0 N–H and O–H groups in total. The van der Waals surface area contributed by atoms with Gasteiger partial charge < -0.3 is 9.31 Å². The van der Waals surface area contributed by atoms with Crippen molar-refractivity contribution < 1.29 is 9.31 Å². The number of hydrogen-bond donors (Lipinski definition) is 0. The summed E-state index contributed by atoms with van der Waals surface area (Å²) in [5, 5.41) is 0. The third-order valence-corrected chi connectivity index (χ3v) is 6.04. The molecule has 0 radical (unpaired) electrons. The van der Waals surface area contributed by atoms with E-state index < -0.39 is 0 Å². The van der Waals surface area contributed by atoms with Gasteiger partial charge in [-0.1, -0.05) is 30.0 Å². The van der Waals surface area contributed by atoms with Crippen LogP contribution in [0.1, 0.15) is 27.7 Å². The van der Waals surface area contributed by atoms with E-state index in [1.165, 1.54) is 4.90 Å². The van der Waals surface area contributed by atoms with E-state index in [4.69, 9.17) is 9.31 Å². The van der Waals surface area contributed by atoms with Gasteiger partial charge in [-0.2, -0.15) is 0 Å². The maximum Gasteiger partial charge on any atom is 0.507 e. The van der Waals surface area contributed by atoms with Crippen LogP contribution in [0, 0.1) is 0 Å². The zero-order valence-corrected chi connectivity index (χ0v) is 14.3. The van der Waals surface area contributed by atoms with E-state index in [-0.39, 0.29) is 18.3 Å². The SMILES string of the molecule is CC1(C)OB(c2cnc(Sc3ccccc3)s2)OC1(C)C. The number of hydrogen-bond acceptors (Lipinski definition) is 5. The fourth-order valence-corrected chi connectivity index (χ4v) is 3.92. The normalized spacial score (nSPS) is 19.9. The highest BCUT2D eigenvalue weighted by atomic mass is 32.2. The van der Waals surface area contributed by atoms with Gasteiger partial charge in [-0.3, -0.25) is 0 Å². The van der Waals surface area contributed by atoms with Gasteiger partial charge in [0.05, 0.1) is 16.0 Å². The van der Waals surface area contributed by atoms with Gasteiger partial charge in [0, 0.05) is 11.1 Å². The highest BCUT2D eigenvalue weighted by Crippen LogP contribution is 2.37. The minimum absolute atomic E-state index is 0.311. The highest BCUT2D eigenvalue weighted by molar-refractivity contribution is 8.01. The van der Waals surface area contributed by atoms with Crippen LogP contribution in [0.4, 0.5) is 0 Å². The Balaban J connectivity index is 1.74. The minimum atomic E-state index is -0.322. The molecule has 1 fully saturated rings. The van der Waals surface area contributed by atoms with E-state index >= 15 is 0 Å². The van der Waals surface area contributed by atoms with Crippen LogP contribution in [0.5, 0.6) is 0 Å². The lowest BCUT2D eigenvalue weighted by molar-refractivity contribution is 0.00578. The van der Waals surface area contributed by atoms with Crippen LogP contribution in [-0.2, 0) is 9.31 Å². The molecule has 1 aliphatic heterocycles. The molecule has 0 saturated carbocycles. The Labute approximate surface area is 134 Å². The van der Waals surface area contributed by atoms with Crippen LogP contribution < -0.4 is 4.78 Å². The summed E-state index contributed by atoms with van der Waals surface area (Å²) < 4.78 is 14.1. The van der Waals surface area contributed by atoms with Gasteiger partial charge in [0.1, 0.15) is 0 Å². The van der Waals surface area contributed by atoms with Crippen LogP contribution in [0.3, 0.4) is 0 Å². The first-order valence-electron chi connectivity index (χ1n) is 6.92. The first kappa shape index (κ1) is 15.1. The summed E-state index contributed by atoms with van der Waals surface area (Å²) in [5.74, 6) is 0. The average molecular weight is 319 g/mol. The lowest BCUT2D eigenvalue weighted by Crippen LogP contribution is -2.41. The van der Waals surface area contributed by atoms with Gasteiger partial charge in [-0.25, -0.2) is 4.98 Å². The molecule has 1 aromatic carbocycles. The van der Waals surface area contributed by atoms with Crippen LogP contribution >= 0.6 is 23.1 Å². The number of thiazole rings is 1. The highest BCUT2D eigenvalue weighted by Gasteiger charge is 2.52. The Kier molecular flexibility index (Phi) is 3.90. The average Bonchev–Trinajstić information content (AvgIpc) is 2.94. The molecular formula is C15H18BNO2S2. The summed E-state index contributed by atoms with van der Waals surface area (Å²) in [6.07, 6.45) is 1.86. The van der Waals surface area contributed by atoms with E-state index in [1.54, 1.807) is 23.1 Å². The number of benzene rings is 1. The first-order valence-corrected chi connectivity index (χ1v) is 8.55. The molecular weight excluding hydrogens is 301 g/mol. The summed E-state index contributed by atoms with van der Waals surface area (Å²) >= 11 is 3.29. The lowest BCUT2D eigenvalue weighted by atomic mass is 9.89. The van der Waals surface area contributed by atoms with Gasteiger partial charge >= 0.3 is 7.12 Å². The predicted octanol–water partition coefficient (Wildman–Crippen LogP) is 3.59. The minimum Gasteiger partial charge on any atom is -0.399 e. The van der Waals surface area contributed by atoms with E-state index in [9.17, 15) is 0 Å². The molecule has 0 spiro atoms. The molecule has 1 aromatic heterocycles. The topological polar surface area (TPSA) is 31.4 Å². The Morgan fingerprint density at radius 3 is 2.29 bits per heavy atom. The molecule has 1 aliphatic rings. The van der Waals surface area contributed by atoms with E-state index in [0.29, 0.717) is 0 Å². The van der Waals surface area contributed by atoms with E-state index in [2.05, 4.69) is 44.8 Å². The Morgan fingerprint density at radius 1 is 1.05 bits per heavy atom. The maximum atomic E-state index is 6.05. The van der Waals surface area contributed by atoms with Gasteiger partial charge in [-0.15, -0.1) is 11.3 Å². The van der Waals surface area contributed by atoms with E-state index in [1.807, 2.05) is 24.4 Å². The van der Waals surface area contributed by atoms with Gasteiger partial charge in [0.25, 0.3) is 0 Å². The van der Waals surface area contributed by atoms with Crippen molar-refractivity contribution in [1.29, 1.82) is 0 Å². The number of aromatic nitrogens is 1. The molecule has 110 valence electrons. The molecule has 0 amide bonds. The molecule has 3 rings (SSSR count). The second kappa shape index (κ2) is 5.43. The van der Waals surface area contributed by atoms with Crippen molar-refractivity contribution in [2.75, 3.05) is 0 Å². The van der Waals surface area contributed by atoms with Crippen molar-refractivity contribution in [3.05, 3.63) is 36.5 Å². The Morgan fingerprint density at radius 2 is 1.67 bits per heavy atom. The van der Waals surface area contributed by atoms with Crippen LogP contribution in [0.2, 0.25) is 0 Å². The molecule has 0 bridgehead atoms. The molecule has 21 heavy (non-hydrogen) atoms.